The van der Waals surface area contributed by atoms with Gasteiger partial charge in [0.2, 0.25) is 0 Å². The first-order valence-electron chi connectivity index (χ1n) is 8.68. The molecule has 0 spiro atoms. The molecule has 0 aromatic heterocycles. The number of ether oxygens (including phenoxy) is 1. The van der Waals surface area contributed by atoms with Crippen molar-refractivity contribution in [2.75, 3.05) is 13.2 Å². The Kier molecular flexibility index (Phi) is 6.47. The summed E-state index contributed by atoms with van der Waals surface area (Å²) in [5, 5.41) is 0.222. The standard InChI is InChI=1S/C20H27NO3S/c1-12(2)24-10-9-21-19(22)17(18(20(21)23)25-13(3)4)16-8-7-14(5)15(6)11-16/h7-8,11-13H,9-10H2,1-6H3. The van der Waals surface area contributed by atoms with E-state index in [4.69, 9.17) is 4.74 Å². The number of hydrogen-bond donors (Lipinski definition) is 0. The second kappa shape index (κ2) is 8.19. The van der Waals surface area contributed by atoms with Gasteiger partial charge in [0.25, 0.3) is 11.8 Å². The zero-order valence-electron chi connectivity index (χ0n) is 15.9. The monoisotopic (exact) mass is 361 g/mol. The molecule has 0 saturated heterocycles. The molecular weight excluding hydrogens is 334 g/mol. The zero-order chi connectivity index (χ0) is 18.7. The van der Waals surface area contributed by atoms with E-state index < -0.39 is 0 Å². The minimum atomic E-state index is -0.219. The summed E-state index contributed by atoms with van der Waals surface area (Å²) >= 11 is 1.46. The number of carbonyl (C=O) groups excluding carboxylic acids is 2. The molecule has 0 aliphatic carbocycles. The van der Waals surface area contributed by atoms with Crippen LogP contribution in [-0.4, -0.2) is 41.2 Å². The molecule has 1 aromatic carbocycles. The van der Waals surface area contributed by atoms with Gasteiger partial charge in [-0.1, -0.05) is 32.0 Å². The van der Waals surface area contributed by atoms with E-state index >= 15 is 0 Å². The highest BCUT2D eigenvalue weighted by Gasteiger charge is 2.39. The highest BCUT2D eigenvalue weighted by molar-refractivity contribution is 8.04. The highest BCUT2D eigenvalue weighted by atomic mass is 32.2. The minimum absolute atomic E-state index is 0.0736. The molecule has 0 atom stereocenters. The summed E-state index contributed by atoms with van der Waals surface area (Å²) < 4.78 is 5.52. The summed E-state index contributed by atoms with van der Waals surface area (Å²) in [6, 6.07) is 5.92. The lowest BCUT2D eigenvalue weighted by Crippen LogP contribution is -2.35. The van der Waals surface area contributed by atoms with Crippen molar-refractivity contribution in [3.63, 3.8) is 0 Å². The van der Waals surface area contributed by atoms with Crippen molar-refractivity contribution in [1.29, 1.82) is 0 Å². The normalized spacial score (nSPS) is 15.3. The van der Waals surface area contributed by atoms with E-state index in [1.165, 1.54) is 22.2 Å². The van der Waals surface area contributed by atoms with Gasteiger partial charge < -0.3 is 4.74 Å². The summed E-state index contributed by atoms with van der Waals surface area (Å²) in [5.74, 6) is -0.423. The Morgan fingerprint density at radius 1 is 1.04 bits per heavy atom. The van der Waals surface area contributed by atoms with Gasteiger partial charge in [0.05, 0.1) is 29.7 Å². The Morgan fingerprint density at radius 2 is 1.72 bits per heavy atom. The van der Waals surface area contributed by atoms with Gasteiger partial charge in [0.1, 0.15) is 0 Å². The van der Waals surface area contributed by atoms with Crippen molar-refractivity contribution in [1.82, 2.24) is 4.90 Å². The molecule has 4 nitrogen and oxygen atoms in total. The molecular formula is C20H27NO3S. The van der Waals surface area contributed by atoms with E-state index in [1.807, 2.05) is 59.7 Å². The maximum absolute atomic E-state index is 13.0. The Balaban J connectivity index is 2.36. The third-order valence-corrected chi connectivity index (χ3v) is 5.13. The zero-order valence-corrected chi connectivity index (χ0v) is 16.7. The lowest BCUT2D eigenvalue weighted by Gasteiger charge is -2.16. The van der Waals surface area contributed by atoms with Crippen LogP contribution < -0.4 is 0 Å². The number of benzene rings is 1. The van der Waals surface area contributed by atoms with Crippen molar-refractivity contribution >= 4 is 29.1 Å². The second-order valence-corrected chi connectivity index (χ2v) is 8.44. The molecule has 0 bridgehead atoms. The average molecular weight is 362 g/mol. The van der Waals surface area contributed by atoms with Gasteiger partial charge in [-0.25, -0.2) is 0 Å². The molecule has 25 heavy (non-hydrogen) atoms. The molecule has 2 amide bonds. The Labute approximate surface area is 154 Å². The van der Waals surface area contributed by atoms with E-state index in [0.717, 1.165) is 11.1 Å². The fourth-order valence-electron chi connectivity index (χ4n) is 2.63. The first-order chi connectivity index (χ1) is 11.7. The summed E-state index contributed by atoms with van der Waals surface area (Å²) in [6.45, 7) is 12.6. The Bertz CT molecular complexity index is 707. The van der Waals surface area contributed by atoms with E-state index in [9.17, 15) is 9.59 Å². The number of nitrogens with zero attached hydrogens (tertiary/aromatic N) is 1. The Hall–Kier alpha value is -1.59. The van der Waals surface area contributed by atoms with Crippen LogP contribution in [0.3, 0.4) is 0 Å². The highest BCUT2D eigenvalue weighted by Crippen LogP contribution is 2.38. The number of amides is 2. The van der Waals surface area contributed by atoms with Crippen molar-refractivity contribution < 1.29 is 14.3 Å². The maximum atomic E-state index is 13.0. The van der Waals surface area contributed by atoms with Gasteiger partial charge in [-0.05, 0) is 44.4 Å². The third-order valence-electron chi connectivity index (χ3n) is 4.04. The number of hydrogen-bond acceptors (Lipinski definition) is 4. The minimum Gasteiger partial charge on any atom is -0.377 e. The molecule has 1 aliphatic rings. The van der Waals surface area contributed by atoms with Crippen molar-refractivity contribution in [3.8, 4) is 0 Å². The van der Waals surface area contributed by atoms with Crippen LogP contribution in [-0.2, 0) is 14.3 Å². The van der Waals surface area contributed by atoms with Crippen LogP contribution >= 0.6 is 11.8 Å². The molecule has 0 saturated carbocycles. The SMILES string of the molecule is Cc1ccc(C2=C(SC(C)C)C(=O)N(CCOC(C)C)C2=O)cc1C. The smallest absolute Gasteiger partial charge is 0.268 e. The van der Waals surface area contributed by atoms with Crippen molar-refractivity contribution in [2.24, 2.45) is 0 Å². The molecule has 0 radical (unpaired) electrons. The van der Waals surface area contributed by atoms with Crippen LogP contribution in [0.2, 0.25) is 0 Å². The molecule has 5 heteroatoms. The van der Waals surface area contributed by atoms with Gasteiger partial charge >= 0.3 is 0 Å². The molecule has 0 unspecified atom stereocenters. The van der Waals surface area contributed by atoms with Gasteiger partial charge in [-0.3, -0.25) is 14.5 Å². The van der Waals surface area contributed by atoms with E-state index in [0.29, 0.717) is 17.1 Å². The third kappa shape index (κ3) is 4.53. The number of rotatable bonds is 7. The average Bonchev–Trinajstić information content (AvgIpc) is 2.74. The largest absolute Gasteiger partial charge is 0.377 e. The first-order valence-corrected chi connectivity index (χ1v) is 9.56. The molecule has 136 valence electrons. The van der Waals surface area contributed by atoms with E-state index in [2.05, 4.69) is 0 Å². The summed E-state index contributed by atoms with van der Waals surface area (Å²) in [4.78, 5) is 27.7. The van der Waals surface area contributed by atoms with Gasteiger partial charge in [-0.15, -0.1) is 11.8 Å². The summed E-state index contributed by atoms with van der Waals surface area (Å²) in [7, 11) is 0. The van der Waals surface area contributed by atoms with Crippen LogP contribution in [0, 0.1) is 13.8 Å². The molecule has 0 fully saturated rings. The van der Waals surface area contributed by atoms with Crippen molar-refractivity contribution in [2.45, 2.75) is 52.9 Å². The topological polar surface area (TPSA) is 46.6 Å². The quantitative estimate of drug-likeness (QED) is 0.690. The molecule has 1 aliphatic heterocycles. The van der Waals surface area contributed by atoms with Crippen LogP contribution in [0.1, 0.15) is 44.4 Å². The van der Waals surface area contributed by atoms with Gasteiger partial charge in [0.15, 0.2) is 0 Å². The molecule has 1 heterocycles. The first kappa shape index (κ1) is 19.7. The lowest BCUT2D eigenvalue weighted by atomic mass is 10.0. The Morgan fingerprint density at radius 3 is 2.28 bits per heavy atom. The molecule has 0 N–H and O–H groups in total. The fourth-order valence-corrected chi connectivity index (χ4v) is 3.64. The van der Waals surface area contributed by atoms with Crippen LogP contribution in [0.4, 0.5) is 0 Å². The fraction of sp³-hybridized carbons (Fsp3) is 0.500. The van der Waals surface area contributed by atoms with Crippen molar-refractivity contribution in [3.05, 3.63) is 39.8 Å². The van der Waals surface area contributed by atoms with Crippen LogP contribution in [0.25, 0.3) is 5.57 Å². The summed E-state index contributed by atoms with van der Waals surface area (Å²) in [6.07, 6.45) is 0.0736. The van der Waals surface area contributed by atoms with E-state index in [1.54, 1.807) is 0 Å². The number of imide groups is 1. The van der Waals surface area contributed by atoms with Crippen LogP contribution in [0.15, 0.2) is 23.1 Å². The molecule has 2 rings (SSSR count). The van der Waals surface area contributed by atoms with Gasteiger partial charge in [-0.2, -0.15) is 0 Å². The maximum Gasteiger partial charge on any atom is 0.268 e. The van der Waals surface area contributed by atoms with Gasteiger partial charge in [0, 0.05) is 5.25 Å². The second-order valence-electron chi connectivity index (χ2n) is 6.85. The predicted molar refractivity (Wildman–Crippen MR) is 103 cm³/mol. The number of aryl methyl sites for hydroxylation is 2. The molecule has 1 aromatic rings. The summed E-state index contributed by atoms with van der Waals surface area (Å²) in [5.41, 5.74) is 3.62. The lowest BCUT2D eigenvalue weighted by molar-refractivity contribution is -0.137. The van der Waals surface area contributed by atoms with E-state index in [-0.39, 0.29) is 29.7 Å². The predicted octanol–water partition coefficient (Wildman–Crippen LogP) is 3.95. The number of thioether (sulfide) groups is 1. The van der Waals surface area contributed by atoms with Crippen LogP contribution in [0.5, 0.6) is 0 Å². The number of carbonyl (C=O) groups is 2.